The molecule has 22 heavy (non-hydrogen) atoms. The van der Waals surface area contributed by atoms with Crippen molar-refractivity contribution in [2.45, 2.75) is 43.4 Å². The van der Waals surface area contributed by atoms with Crippen LogP contribution in [0.4, 0.5) is 4.39 Å². The topological polar surface area (TPSA) is 47.6 Å². The first-order chi connectivity index (χ1) is 10.6. The third-order valence-corrected chi connectivity index (χ3v) is 4.80. The molecule has 0 spiro atoms. The summed E-state index contributed by atoms with van der Waals surface area (Å²) in [6.07, 6.45) is 2.42. The summed E-state index contributed by atoms with van der Waals surface area (Å²) in [7, 11) is 3.34. The lowest BCUT2D eigenvalue weighted by molar-refractivity contribution is -0.123. The third kappa shape index (κ3) is 3.15. The zero-order valence-corrected chi connectivity index (χ0v) is 12.9. The minimum absolute atomic E-state index is 0.0357. The molecule has 120 valence electrons. The lowest BCUT2D eigenvalue weighted by atomic mass is 10.1. The number of nitrogens with one attached hydrogen (secondary N) is 1. The van der Waals surface area contributed by atoms with Crippen molar-refractivity contribution >= 4 is 5.91 Å². The van der Waals surface area contributed by atoms with Gasteiger partial charge in [-0.1, -0.05) is 12.1 Å². The van der Waals surface area contributed by atoms with Crippen molar-refractivity contribution in [1.29, 1.82) is 0 Å². The molecular formula is C17H22FNO3. The van der Waals surface area contributed by atoms with Gasteiger partial charge in [0.15, 0.2) is 0 Å². The number of rotatable bonds is 5. The number of hydrogen-bond donors (Lipinski definition) is 1. The van der Waals surface area contributed by atoms with Gasteiger partial charge in [0.1, 0.15) is 5.82 Å². The predicted octanol–water partition coefficient (Wildman–Crippen LogP) is 2.24. The smallest absolute Gasteiger partial charge is 0.223 e. The van der Waals surface area contributed by atoms with Crippen molar-refractivity contribution in [3.05, 3.63) is 35.6 Å². The minimum atomic E-state index is -0.245. The molecule has 0 heterocycles. The number of benzene rings is 1. The maximum atomic E-state index is 13.2. The summed E-state index contributed by atoms with van der Waals surface area (Å²) in [6.45, 7) is 0. The molecular weight excluding hydrogens is 285 g/mol. The molecule has 1 N–H and O–H groups in total. The van der Waals surface area contributed by atoms with Crippen molar-refractivity contribution in [2.75, 3.05) is 14.2 Å². The summed E-state index contributed by atoms with van der Waals surface area (Å²) < 4.78 is 24.0. The normalized spacial score (nSPS) is 33.7. The second-order valence-corrected chi connectivity index (χ2v) is 6.23. The Balaban J connectivity index is 1.54. The summed E-state index contributed by atoms with van der Waals surface area (Å²) in [6, 6.07) is 6.63. The SMILES string of the molecule is CO[C@H]1CC(NC(=O)[C@@H]2C[C@H]2c2cccc(F)c2)C[C@H]1OC. The van der Waals surface area contributed by atoms with Crippen LogP contribution in [-0.4, -0.2) is 38.4 Å². The average Bonchev–Trinajstić information content (AvgIpc) is 3.22. The van der Waals surface area contributed by atoms with E-state index in [1.807, 2.05) is 6.07 Å². The molecule has 2 saturated carbocycles. The van der Waals surface area contributed by atoms with Gasteiger partial charge in [-0.25, -0.2) is 4.39 Å². The van der Waals surface area contributed by atoms with E-state index in [-0.39, 0.29) is 41.8 Å². The molecule has 0 saturated heterocycles. The van der Waals surface area contributed by atoms with Crippen LogP contribution in [0.5, 0.6) is 0 Å². The fraction of sp³-hybridized carbons (Fsp3) is 0.588. The van der Waals surface area contributed by atoms with E-state index in [0.717, 1.165) is 24.8 Å². The predicted molar refractivity (Wildman–Crippen MR) is 80.0 cm³/mol. The van der Waals surface area contributed by atoms with E-state index in [2.05, 4.69) is 5.32 Å². The number of methoxy groups -OCH3 is 2. The lowest BCUT2D eigenvalue weighted by Crippen LogP contribution is -2.35. The number of halogens is 1. The van der Waals surface area contributed by atoms with Crippen molar-refractivity contribution < 1.29 is 18.7 Å². The van der Waals surface area contributed by atoms with Gasteiger partial charge in [-0.05, 0) is 42.9 Å². The summed E-state index contributed by atoms with van der Waals surface area (Å²) in [5, 5.41) is 3.09. The first kappa shape index (κ1) is 15.4. The molecule has 0 aromatic heterocycles. The molecule has 1 unspecified atom stereocenters. The number of ether oxygens (including phenoxy) is 2. The Morgan fingerprint density at radius 3 is 2.45 bits per heavy atom. The van der Waals surface area contributed by atoms with E-state index < -0.39 is 0 Å². The van der Waals surface area contributed by atoms with Crippen LogP contribution in [0.2, 0.25) is 0 Å². The maximum Gasteiger partial charge on any atom is 0.223 e. The Labute approximate surface area is 130 Å². The number of amides is 1. The van der Waals surface area contributed by atoms with Crippen LogP contribution in [-0.2, 0) is 14.3 Å². The summed E-state index contributed by atoms with van der Waals surface area (Å²) >= 11 is 0. The number of hydrogen-bond acceptors (Lipinski definition) is 3. The van der Waals surface area contributed by atoms with Gasteiger partial charge in [0.05, 0.1) is 12.2 Å². The zero-order chi connectivity index (χ0) is 15.7. The van der Waals surface area contributed by atoms with Crippen LogP contribution in [0.15, 0.2) is 24.3 Å². The Bertz CT molecular complexity index is 538. The Morgan fingerprint density at radius 1 is 1.18 bits per heavy atom. The second-order valence-electron chi connectivity index (χ2n) is 6.23. The van der Waals surface area contributed by atoms with E-state index in [4.69, 9.17) is 9.47 Å². The molecule has 1 aromatic rings. The van der Waals surface area contributed by atoms with Gasteiger partial charge in [-0.3, -0.25) is 4.79 Å². The van der Waals surface area contributed by atoms with Gasteiger partial charge < -0.3 is 14.8 Å². The van der Waals surface area contributed by atoms with E-state index in [9.17, 15) is 9.18 Å². The molecule has 5 heteroatoms. The van der Waals surface area contributed by atoms with Gasteiger partial charge in [0, 0.05) is 26.2 Å². The average molecular weight is 307 g/mol. The van der Waals surface area contributed by atoms with Crippen molar-refractivity contribution in [2.24, 2.45) is 5.92 Å². The molecule has 1 amide bonds. The minimum Gasteiger partial charge on any atom is -0.379 e. The molecule has 2 fully saturated rings. The zero-order valence-electron chi connectivity index (χ0n) is 12.9. The summed E-state index contributed by atoms with van der Waals surface area (Å²) in [4.78, 5) is 12.3. The van der Waals surface area contributed by atoms with E-state index >= 15 is 0 Å². The Hall–Kier alpha value is -1.46. The van der Waals surface area contributed by atoms with Crippen molar-refractivity contribution in [1.82, 2.24) is 5.32 Å². The molecule has 3 rings (SSSR count). The highest BCUT2D eigenvalue weighted by Gasteiger charge is 2.45. The molecule has 0 bridgehead atoms. The van der Waals surface area contributed by atoms with Crippen LogP contribution in [0, 0.1) is 11.7 Å². The van der Waals surface area contributed by atoms with E-state index in [1.165, 1.54) is 12.1 Å². The Kier molecular flexibility index (Phi) is 4.45. The second kappa shape index (κ2) is 6.34. The highest BCUT2D eigenvalue weighted by Crippen LogP contribution is 2.47. The number of carbonyl (C=O) groups excluding carboxylic acids is 1. The van der Waals surface area contributed by atoms with Crippen LogP contribution < -0.4 is 5.32 Å². The Morgan fingerprint density at radius 2 is 1.86 bits per heavy atom. The highest BCUT2D eigenvalue weighted by atomic mass is 19.1. The van der Waals surface area contributed by atoms with E-state index in [1.54, 1.807) is 20.3 Å². The lowest BCUT2D eigenvalue weighted by Gasteiger charge is -2.14. The van der Waals surface area contributed by atoms with Crippen molar-refractivity contribution in [3.63, 3.8) is 0 Å². The van der Waals surface area contributed by atoms with Gasteiger partial charge in [-0.2, -0.15) is 0 Å². The fourth-order valence-corrected chi connectivity index (χ4v) is 3.47. The largest absolute Gasteiger partial charge is 0.379 e. The molecule has 0 aliphatic heterocycles. The van der Waals surface area contributed by atoms with Gasteiger partial charge >= 0.3 is 0 Å². The molecule has 4 nitrogen and oxygen atoms in total. The molecule has 2 aliphatic rings. The van der Waals surface area contributed by atoms with Crippen molar-refractivity contribution in [3.8, 4) is 0 Å². The van der Waals surface area contributed by atoms with Gasteiger partial charge in [0.25, 0.3) is 0 Å². The van der Waals surface area contributed by atoms with Crippen LogP contribution in [0.25, 0.3) is 0 Å². The number of carbonyl (C=O) groups is 1. The first-order valence-electron chi connectivity index (χ1n) is 7.73. The van der Waals surface area contributed by atoms with Crippen LogP contribution in [0.1, 0.15) is 30.7 Å². The molecule has 1 aromatic carbocycles. The molecule has 5 atom stereocenters. The molecule has 0 radical (unpaired) electrons. The fourth-order valence-electron chi connectivity index (χ4n) is 3.47. The van der Waals surface area contributed by atoms with Gasteiger partial charge in [-0.15, -0.1) is 0 Å². The first-order valence-corrected chi connectivity index (χ1v) is 7.73. The summed E-state index contributed by atoms with van der Waals surface area (Å²) in [5.41, 5.74) is 0.913. The monoisotopic (exact) mass is 307 g/mol. The third-order valence-electron chi connectivity index (χ3n) is 4.80. The van der Waals surface area contributed by atoms with E-state index in [0.29, 0.717) is 0 Å². The summed E-state index contributed by atoms with van der Waals surface area (Å²) in [5.74, 6) is -0.0750. The maximum absolute atomic E-state index is 13.2. The molecule has 2 aliphatic carbocycles. The quantitative estimate of drug-likeness (QED) is 0.907. The van der Waals surface area contributed by atoms with Gasteiger partial charge in [0.2, 0.25) is 5.91 Å². The standard InChI is InChI=1S/C17H22FNO3/c1-21-15-7-12(8-16(15)22-2)19-17(20)14-9-13(14)10-4-3-5-11(18)6-10/h3-6,12-16H,7-9H2,1-2H3,(H,19,20)/t12?,13-,14+,15-,16+/m0/s1. The van der Waals surface area contributed by atoms with Crippen LogP contribution in [0.3, 0.4) is 0 Å². The van der Waals surface area contributed by atoms with Crippen LogP contribution >= 0.6 is 0 Å². The highest BCUT2D eigenvalue weighted by molar-refractivity contribution is 5.83.